The number of hydrogen-bond donors (Lipinski definition) is 1. The molecule has 4 heteroatoms. The lowest BCUT2D eigenvalue weighted by Crippen LogP contribution is -2.20. The van der Waals surface area contributed by atoms with Gasteiger partial charge in [-0.3, -0.25) is 0 Å². The van der Waals surface area contributed by atoms with E-state index >= 15 is 0 Å². The molecule has 2 bridgehead atoms. The monoisotopic (exact) mass is 281 g/mol. The van der Waals surface area contributed by atoms with E-state index in [1.165, 1.54) is 31.7 Å². The summed E-state index contributed by atoms with van der Waals surface area (Å²) in [7, 11) is 0. The highest BCUT2D eigenvalue weighted by Crippen LogP contribution is 2.56. The zero-order valence-electron chi connectivity index (χ0n) is 11.2. The van der Waals surface area contributed by atoms with Gasteiger partial charge in [-0.25, -0.2) is 0 Å². The van der Waals surface area contributed by atoms with Crippen molar-refractivity contribution >= 4 is 5.69 Å². The molecule has 1 aromatic carbocycles. The van der Waals surface area contributed by atoms with Crippen LogP contribution in [0.4, 0.5) is 18.9 Å². The summed E-state index contributed by atoms with van der Waals surface area (Å²) in [5, 5.41) is 3.04. The second-order valence-electron chi connectivity index (χ2n) is 6.59. The van der Waals surface area contributed by atoms with Crippen LogP contribution >= 0.6 is 0 Å². The number of hydrogen-bond acceptors (Lipinski definition) is 1. The molecule has 20 heavy (non-hydrogen) atoms. The Hall–Kier alpha value is -1.19. The maximum Gasteiger partial charge on any atom is 0.418 e. The Bertz CT molecular complexity index is 537. The standard InChI is InChI=1S/C16H18F3N/c17-16(18,19)14-3-1-2-11-13(8-20-15(11)14)12-7-9-4-5-10(12)6-9/h1-3,9-10,12-13,20H,4-8H2. The summed E-state index contributed by atoms with van der Waals surface area (Å²) in [5.41, 5.74) is 0.741. The first-order valence-electron chi connectivity index (χ1n) is 7.48. The first kappa shape index (κ1) is 12.5. The second-order valence-corrected chi connectivity index (χ2v) is 6.59. The molecule has 0 amide bonds. The van der Waals surface area contributed by atoms with Gasteiger partial charge in [-0.1, -0.05) is 18.6 Å². The molecule has 0 radical (unpaired) electrons. The largest absolute Gasteiger partial charge is 0.418 e. The minimum atomic E-state index is -4.26. The Balaban J connectivity index is 1.69. The number of rotatable bonds is 1. The van der Waals surface area contributed by atoms with Crippen LogP contribution in [-0.2, 0) is 6.18 Å². The molecule has 2 aliphatic carbocycles. The van der Waals surface area contributed by atoms with Crippen molar-refractivity contribution in [2.75, 3.05) is 11.9 Å². The summed E-state index contributed by atoms with van der Waals surface area (Å²) in [6.07, 6.45) is 0.862. The minimum absolute atomic E-state index is 0.280. The summed E-state index contributed by atoms with van der Waals surface area (Å²) in [6, 6.07) is 4.64. The average molecular weight is 281 g/mol. The highest BCUT2D eigenvalue weighted by atomic mass is 19.4. The molecule has 4 rings (SSSR count). The Morgan fingerprint density at radius 1 is 1.10 bits per heavy atom. The highest BCUT2D eigenvalue weighted by molar-refractivity contribution is 5.64. The van der Waals surface area contributed by atoms with Crippen LogP contribution in [0.3, 0.4) is 0 Å². The maximum absolute atomic E-state index is 13.1. The summed E-state index contributed by atoms with van der Waals surface area (Å²) in [5.74, 6) is 2.45. The molecule has 1 N–H and O–H groups in total. The number of nitrogens with one attached hydrogen (secondary N) is 1. The first-order chi connectivity index (χ1) is 9.54. The molecule has 1 aliphatic heterocycles. The predicted molar refractivity (Wildman–Crippen MR) is 71.6 cm³/mol. The molecule has 1 aromatic rings. The van der Waals surface area contributed by atoms with Gasteiger partial charge in [0.2, 0.25) is 0 Å². The maximum atomic E-state index is 13.1. The van der Waals surface area contributed by atoms with Gasteiger partial charge in [0.25, 0.3) is 0 Å². The fourth-order valence-electron chi connectivity index (χ4n) is 4.80. The van der Waals surface area contributed by atoms with E-state index in [4.69, 9.17) is 0 Å². The van der Waals surface area contributed by atoms with Crippen molar-refractivity contribution in [2.45, 2.75) is 37.8 Å². The van der Waals surface area contributed by atoms with Crippen LogP contribution in [-0.4, -0.2) is 6.54 Å². The fourth-order valence-corrected chi connectivity index (χ4v) is 4.80. The van der Waals surface area contributed by atoms with Crippen molar-refractivity contribution in [1.82, 2.24) is 0 Å². The normalized spacial score (nSPS) is 35.1. The number of para-hydroxylation sites is 1. The molecule has 3 aliphatic rings. The molecule has 2 fully saturated rings. The summed E-state index contributed by atoms with van der Waals surface area (Å²) >= 11 is 0. The van der Waals surface area contributed by atoms with Crippen LogP contribution in [0, 0.1) is 17.8 Å². The van der Waals surface area contributed by atoms with E-state index in [1.807, 2.05) is 6.07 Å². The third kappa shape index (κ3) is 1.76. The van der Waals surface area contributed by atoms with Gasteiger partial charge in [0.05, 0.1) is 5.56 Å². The summed E-state index contributed by atoms with van der Waals surface area (Å²) in [6.45, 7) is 0.677. The Morgan fingerprint density at radius 2 is 1.95 bits per heavy atom. The lowest BCUT2D eigenvalue weighted by Gasteiger charge is -2.27. The van der Waals surface area contributed by atoms with Gasteiger partial charge in [0.15, 0.2) is 0 Å². The molecule has 0 spiro atoms. The Morgan fingerprint density at radius 3 is 2.60 bits per heavy atom. The van der Waals surface area contributed by atoms with Gasteiger partial charge in [0, 0.05) is 18.2 Å². The van der Waals surface area contributed by atoms with Crippen molar-refractivity contribution in [3.8, 4) is 0 Å². The smallest absolute Gasteiger partial charge is 0.384 e. The van der Waals surface area contributed by atoms with Crippen molar-refractivity contribution in [3.63, 3.8) is 0 Å². The minimum Gasteiger partial charge on any atom is -0.384 e. The van der Waals surface area contributed by atoms with E-state index in [9.17, 15) is 13.2 Å². The zero-order valence-corrected chi connectivity index (χ0v) is 11.2. The van der Waals surface area contributed by atoms with Crippen molar-refractivity contribution in [1.29, 1.82) is 0 Å². The molecule has 108 valence electrons. The second kappa shape index (κ2) is 4.15. The average Bonchev–Trinajstić information content (AvgIpc) is 3.10. The van der Waals surface area contributed by atoms with E-state index in [2.05, 4.69) is 5.32 Å². The number of benzene rings is 1. The van der Waals surface area contributed by atoms with Gasteiger partial charge < -0.3 is 5.32 Å². The Kier molecular flexibility index (Phi) is 2.60. The molecule has 2 saturated carbocycles. The summed E-state index contributed by atoms with van der Waals surface area (Å²) < 4.78 is 39.2. The van der Waals surface area contributed by atoms with Crippen molar-refractivity contribution in [3.05, 3.63) is 29.3 Å². The lowest BCUT2D eigenvalue weighted by atomic mass is 9.77. The molecular formula is C16H18F3N. The van der Waals surface area contributed by atoms with E-state index < -0.39 is 11.7 Å². The predicted octanol–water partition coefficient (Wildman–Crippen LogP) is 4.65. The van der Waals surface area contributed by atoms with Gasteiger partial charge in [-0.2, -0.15) is 13.2 Å². The van der Waals surface area contributed by atoms with Gasteiger partial charge in [0.1, 0.15) is 0 Å². The number of alkyl halides is 3. The van der Waals surface area contributed by atoms with E-state index in [0.29, 0.717) is 18.2 Å². The van der Waals surface area contributed by atoms with Crippen LogP contribution in [0.2, 0.25) is 0 Å². The van der Waals surface area contributed by atoms with Crippen LogP contribution in [0.25, 0.3) is 0 Å². The van der Waals surface area contributed by atoms with Gasteiger partial charge >= 0.3 is 6.18 Å². The van der Waals surface area contributed by atoms with E-state index in [-0.39, 0.29) is 5.92 Å². The zero-order chi connectivity index (χ0) is 13.9. The fraction of sp³-hybridized carbons (Fsp3) is 0.625. The quantitative estimate of drug-likeness (QED) is 0.790. The molecule has 0 saturated heterocycles. The van der Waals surface area contributed by atoms with Crippen molar-refractivity contribution < 1.29 is 13.2 Å². The topological polar surface area (TPSA) is 12.0 Å². The SMILES string of the molecule is FC(F)(F)c1cccc2c1NCC2C1CC2CCC1C2. The van der Waals surface area contributed by atoms with Crippen LogP contribution < -0.4 is 5.32 Å². The third-order valence-corrected chi connectivity index (χ3v) is 5.61. The van der Waals surface area contributed by atoms with Crippen LogP contribution in [0.5, 0.6) is 0 Å². The number of halogens is 3. The molecular weight excluding hydrogens is 263 g/mol. The molecule has 0 aromatic heterocycles. The number of fused-ring (bicyclic) bond motifs is 3. The molecule has 1 heterocycles. The first-order valence-corrected chi connectivity index (χ1v) is 7.48. The summed E-state index contributed by atoms with van der Waals surface area (Å²) in [4.78, 5) is 0. The third-order valence-electron chi connectivity index (χ3n) is 5.61. The lowest BCUT2D eigenvalue weighted by molar-refractivity contribution is -0.136. The van der Waals surface area contributed by atoms with Crippen LogP contribution in [0.15, 0.2) is 18.2 Å². The number of anilines is 1. The van der Waals surface area contributed by atoms with Gasteiger partial charge in [-0.05, 0) is 48.6 Å². The molecule has 1 nitrogen and oxygen atoms in total. The van der Waals surface area contributed by atoms with Gasteiger partial charge in [-0.15, -0.1) is 0 Å². The van der Waals surface area contributed by atoms with Crippen molar-refractivity contribution in [2.24, 2.45) is 17.8 Å². The molecule has 4 atom stereocenters. The van der Waals surface area contributed by atoms with E-state index in [0.717, 1.165) is 17.4 Å². The molecule has 4 unspecified atom stereocenters. The highest BCUT2D eigenvalue weighted by Gasteiger charge is 2.46. The van der Waals surface area contributed by atoms with E-state index in [1.54, 1.807) is 6.07 Å². The Labute approximate surface area is 116 Å². The van der Waals surface area contributed by atoms with Crippen LogP contribution in [0.1, 0.15) is 42.7 Å².